The predicted molar refractivity (Wildman–Crippen MR) is 105 cm³/mol. The molecule has 2 aliphatic rings. The molecule has 3 unspecified atom stereocenters. The molecule has 3 rings (SSSR count). The van der Waals surface area contributed by atoms with Crippen molar-refractivity contribution in [3.05, 3.63) is 35.6 Å². The molecule has 1 N–H and O–H groups in total. The van der Waals surface area contributed by atoms with E-state index in [1.807, 2.05) is 43.2 Å². The van der Waals surface area contributed by atoms with Gasteiger partial charge < -0.3 is 19.4 Å². The first-order valence-corrected chi connectivity index (χ1v) is 10.5. The molecule has 0 aromatic carbocycles. The molecule has 1 aromatic heterocycles. The maximum atomic E-state index is 12.4. The lowest BCUT2D eigenvalue weighted by atomic mass is 9.98. The van der Waals surface area contributed by atoms with Gasteiger partial charge in [-0.15, -0.1) is 11.8 Å². The Hall–Kier alpha value is -1.89. The number of thioether (sulfide) groups is 1. The Morgan fingerprint density at radius 1 is 1.37 bits per heavy atom. The number of carbonyl (C=O) groups is 2. The lowest BCUT2D eigenvalue weighted by Gasteiger charge is -2.24. The molecule has 6 nitrogen and oxygen atoms in total. The summed E-state index contributed by atoms with van der Waals surface area (Å²) in [7, 11) is 0. The molecule has 1 aromatic rings. The van der Waals surface area contributed by atoms with Crippen LogP contribution in [0.2, 0.25) is 0 Å². The second kappa shape index (κ2) is 8.42. The van der Waals surface area contributed by atoms with Gasteiger partial charge in [-0.2, -0.15) is 0 Å². The number of alkyl carbamates (subject to hydrolysis) is 1. The molecular formula is C20H28N2O4S. The van der Waals surface area contributed by atoms with Crippen LogP contribution in [0.3, 0.4) is 0 Å². The average molecular weight is 393 g/mol. The topological polar surface area (TPSA) is 71.8 Å². The average Bonchev–Trinajstić information content (AvgIpc) is 3.28. The Morgan fingerprint density at radius 2 is 2.19 bits per heavy atom. The summed E-state index contributed by atoms with van der Waals surface area (Å²) < 4.78 is 10.6. The van der Waals surface area contributed by atoms with Crippen LogP contribution < -0.4 is 5.32 Å². The summed E-state index contributed by atoms with van der Waals surface area (Å²) in [5, 5.41) is 4.83. The molecule has 1 aliphatic heterocycles. The van der Waals surface area contributed by atoms with E-state index in [4.69, 9.17) is 9.15 Å². The molecular weight excluding hydrogens is 364 g/mol. The minimum atomic E-state index is -0.502. The van der Waals surface area contributed by atoms with E-state index in [9.17, 15) is 9.59 Å². The van der Waals surface area contributed by atoms with Crippen molar-refractivity contribution in [1.82, 2.24) is 10.2 Å². The summed E-state index contributed by atoms with van der Waals surface area (Å²) in [5.74, 6) is 2.41. The van der Waals surface area contributed by atoms with Gasteiger partial charge in [0.15, 0.2) is 0 Å². The van der Waals surface area contributed by atoms with Crippen LogP contribution >= 0.6 is 11.8 Å². The summed E-state index contributed by atoms with van der Waals surface area (Å²) in [6.45, 7) is 7.03. The second-order valence-electron chi connectivity index (χ2n) is 8.19. The number of hydrogen-bond donors (Lipinski definition) is 1. The number of fused-ring (bicyclic) bond motifs is 1. The molecule has 148 valence electrons. The molecule has 7 heteroatoms. The van der Waals surface area contributed by atoms with Crippen LogP contribution in [0, 0.1) is 11.8 Å². The quantitative estimate of drug-likeness (QED) is 0.772. The number of likely N-dealkylation sites (tertiary alicyclic amines) is 1. The van der Waals surface area contributed by atoms with E-state index in [0.29, 0.717) is 24.1 Å². The zero-order valence-corrected chi connectivity index (χ0v) is 17.0. The van der Waals surface area contributed by atoms with Gasteiger partial charge in [0.1, 0.15) is 11.4 Å². The van der Waals surface area contributed by atoms with Gasteiger partial charge in [-0.3, -0.25) is 4.79 Å². The van der Waals surface area contributed by atoms with Crippen LogP contribution in [0.15, 0.2) is 34.3 Å². The van der Waals surface area contributed by atoms with Crippen molar-refractivity contribution < 1.29 is 18.7 Å². The highest BCUT2D eigenvalue weighted by molar-refractivity contribution is 8.01. The second-order valence-corrected chi connectivity index (χ2v) is 9.08. The smallest absolute Gasteiger partial charge is 0.407 e. The van der Waals surface area contributed by atoms with Gasteiger partial charge in [-0.1, -0.05) is 0 Å². The molecule has 1 aliphatic carbocycles. The zero-order valence-electron chi connectivity index (χ0n) is 16.1. The fourth-order valence-corrected chi connectivity index (χ4v) is 4.46. The Morgan fingerprint density at radius 3 is 2.89 bits per heavy atom. The third-order valence-corrected chi connectivity index (χ3v) is 5.76. The number of ether oxygens (including phenoxy) is 1. The van der Waals surface area contributed by atoms with Crippen molar-refractivity contribution in [2.75, 3.05) is 13.1 Å². The highest BCUT2D eigenvalue weighted by atomic mass is 32.2. The van der Waals surface area contributed by atoms with Gasteiger partial charge >= 0.3 is 6.09 Å². The van der Waals surface area contributed by atoms with Gasteiger partial charge in [0.2, 0.25) is 5.91 Å². The zero-order chi connectivity index (χ0) is 19.4. The Balaban J connectivity index is 1.45. The summed E-state index contributed by atoms with van der Waals surface area (Å²) >= 11 is 1.54. The van der Waals surface area contributed by atoms with Crippen LogP contribution in [-0.2, 0) is 15.3 Å². The van der Waals surface area contributed by atoms with E-state index in [1.165, 1.54) is 11.8 Å². The predicted octanol–water partition coefficient (Wildman–Crippen LogP) is 3.79. The first kappa shape index (κ1) is 19.9. The lowest BCUT2D eigenvalue weighted by molar-refractivity contribution is -0.125. The van der Waals surface area contributed by atoms with E-state index in [-0.39, 0.29) is 18.0 Å². The summed E-state index contributed by atoms with van der Waals surface area (Å²) in [6, 6.07) is 3.86. The van der Waals surface area contributed by atoms with Crippen LogP contribution in [0.4, 0.5) is 4.79 Å². The van der Waals surface area contributed by atoms with Crippen molar-refractivity contribution in [2.45, 2.75) is 51.0 Å². The maximum Gasteiger partial charge on any atom is 0.407 e. The van der Waals surface area contributed by atoms with E-state index in [2.05, 4.69) is 5.32 Å². The fourth-order valence-electron chi connectivity index (χ4n) is 3.82. The molecule has 1 saturated heterocycles. The summed E-state index contributed by atoms with van der Waals surface area (Å²) in [4.78, 5) is 26.4. The molecule has 0 radical (unpaired) electrons. The van der Waals surface area contributed by atoms with Gasteiger partial charge in [0.25, 0.3) is 0 Å². The standard InChI is InChI=1S/C20H28N2O4S/c1-20(2,3)26-19(24)21-17-7-6-14-11-22(12-16(14)17)18(23)8-10-27-13-15-5-4-9-25-15/h4-5,8-10,14,16-17H,6-7,11-13H2,1-3H3,(H,21,24)/b10-8+. The molecule has 0 spiro atoms. The number of nitrogens with one attached hydrogen (secondary N) is 1. The van der Waals surface area contributed by atoms with E-state index < -0.39 is 5.60 Å². The van der Waals surface area contributed by atoms with Crippen molar-refractivity contribution in [3.63, 3.8) is 0 Å². The number of carbonyl (C=O) groups excluding carboxylic acids is 2. The van der Waals surface area contributed by atoms with Crippen LogP contribution in [0.5, 0.6) is 0 Å². The SMILES string of the molecule is CC(C)(C)OC(=O)NC1CCC2CN(C(=O)/C=C/SCc3ccco3)CC21. The van der Waals surface area contributed by atoms with Gasteiger partial charge in [-0.25, -0.2) is 4.79 Å². The van der Waals surface area contributed by atoms with Gasteiger partial charge in [0.05, 0.1) is 12.0 Å². The third kappa shape index (κ3) is 5.54. The minimum Gasteiger partial charge on any atom is -0.468 e. The number of rotatable bonds is 5. The van der Waals surface area contributed by atoms with E-state index in [1.54, 1.807) is 12.3 Å². The Labute approximate surface area is 164 Å². The molecule has 3 atom stereocenters. The van der Waals surface area contributed by atoms with Gasteiger partial charge in [-0.05, 0) is 57.1 Å². The molecule has 27 heavy (non-hydrogen) atoms. The van der Waals surface area contributed by atoms with Crippen LogP contribution in [0.25, 0.3) is 0 Å². The number of nitrogens with zero attached hydrogens (tertiary/aromatic N) is 1. The first-order chi connectivity index (χ1) is 12.8. The van der Waals surface area contributed by atoms with Crippen molar-refractivity contribution in [1.29, 1.82) is 0 Å². The van der Waals surface area contributed by atoms with Gasteiger partial charge in [0, 0.05) is 31.1 Å². The Bertz CT molecular complexity index is 681. The normalized spacial score (nSPS) is 25.0. The molecule has 0 bridgehead atoms. The van der Waals surface area contributed by atoms with Crippen LogP contribution in [-0.4, -0.2) is 41.6 Å². The van der Waals surface area contributed by atoms with Crippen molar-refractivity contribution in [3.8, 4) is 0 Å². The molecule has 2 heterocycles. The largest absolute Gasteiger partial charge is 0.468 e. The third-order valence-electron chi connectivity index (χ3n) is 4.98. The lowest BCUT2D eigenvalue weighted by Crippen LogP contribution is -2.42. The number of amides is 2. The molecule has 2 fully saturated rings. The van der Waals surface area contributed by atoms with E-state index >= 15 is 0 Å². The highest BCUT2D eigenvalue weighted by Gasteiger charge is 2.44. The summed E-state index contributed by atoms with van der Waals surface area (Å²) in [6.07, 6.45) is 4.89. The number of furan rings is 1. The van der Waals surface area contributed by atoms with Crippen LogP contribution in [0.1, 0.15) is 39.4 Å². The first-order valence-electron chi connectivity index (χ1n) is 9.41. The minimum absolute atomic E-state index is 0.0346. The fraction of sp³-hybridized carbons (Fsp3) is 0.600. The highest BCUT2D eigenvalue weighted by Crippen LogP contribution is 2.38. The Kier molecular flexibility index (Phi) is 6.19. The summed E-state index contributed by atoms with van der Waals surface area (Å²) in [5.41, 5.74) is -0.502. The van der Waals surface area contributed by atoms with Crippen molar-refractivity contribution in [2.24, 2.45) is 11.8 Å². The molecule has 1 saturated carbocycles. The number of hydrogen-bond acceptors (Lipinski definition) is 5. The maximum absolute atomic E-state index is 12.4. The molecule has 2 amide bonds. The van der Waals surface area contributed by atoms with E-state index in [0.717, 1.165) is 25.1 Å². The monoisotopic (exact) mass is 392 g/mol. The van der Waals surface area contributed by atoms with Crippen molar-refractivity contribution >= 4 is 23.8 Å².